The van der Waals surface area contributed by atoms with E-state index in [-0.39, 0.29) is 18.8 Å². The Kier molecular flexibility index (Phi) is 7.51. The molecule has 3 atom stereocenters. The summed E-state index contributed by atoms with van der Waals surface area (Å²) in [6, 6.07) is 5.99. The average Bonchev–Trinajstić information content (AvgIpc) is 2.34. The number of benzene rings is 1. The van der Waals surface area contributed by atoms with Crippen molar-refractivity contribution in [1.82, 2.24) is 5.32 Å². The quantitative estimate of drug-likeness (QED) is 0.676. The van der Waals surface area contributed by atoms with Crippen LogP contribution in [-0.2, 0) is 0 Å². The van der Waals surface area contributed by atoms with Gasteiger partial charge in [-0.25, -0.2) is 0 Å². The predicted octanol–water partition coefficient (Wildman–Crippen LogP) is 2.25. The summed E-state index contributed by atoms with van der Waals surface area (Å²) in [6.45, 7) is 6.42. The fraction of sp³-hybridized carbons (Fsp3) is 0.600. The van der Waals surface area contributed by atoms with E-state index in [1.54, 1.807) is 6.92 Å². The van der Waals surface area contributed by atoms with Crippen molar-refractivity contribution in [3.63, 3.8) is 0 Å². The second kappa shape index (κ2) is 8.62. The molecule has 3 unspecified atom stereocenters. The number of aliphatic hydroxyl groups is 2. The minimum absolute atomic E-state index is 0.163. The number of aryl methyl sites for hydroxylation is 1. The Labute approximate surface area is 129 Å². The Morgan fingerprint density at radius 3 is 2.60 bits per heavy atom. The van der Waals surface area contributed by atoms with E-state index in [1.165, 1.54) is 0 Å². The van der Waals surface area contributed by atoms with Gasteiger partial charge in [0.15, 0.2) is 0 Å². The van der Waals surface area contributed by atoms with Gasteiger partial charge in [0.2, 0.25) is 0 Å². The van der Waals surface area contributed by atoms with Crippen LogP contribution in [0.3, 0.4) is 0 Å². The molecule has 1 rings (SSSR count). The Balaban J connectivity index is 2.30. The maximum absolute atomic E-state index is 9.87. The third-order valence-electron chi connectivity index (χ3n) is 2.92. The zero-order valence-corrected chi connectivity index (χ0v) is 13.9. The molecule has 0 aromatic heterocycles. The SMILES string of the molecule is Cc1ccc(OCC(O)CNC(C)CC(C)O)c(Br)c1. The first kappa shape index (κ1) is 17.4. The molecule has 0 bridgehead atoms. The lowest BCUT2D eigenvalue weighted by Crippen LogP contribution is -2.37. The van der Waals surface area contributed by atoms with Crippen molar-refractivity contribution in [3.8, 4) is 5.75 Å². The van der Waals surface area contributed by atoms with Crippen molar-refractivity contribution >= 4 is 15.9 Å². The molecule has 0 aliphatic rings. The predicted molar refractivity (Wildman–Crippen MR) is 84.1 cm³/mol. The van der Waals surface area contributed by atoms with Crippen LogP contribution in [0.2, 0.25) is 0 Å². The zero-order chi connectivity index (χ0) is 15.1. The van der Waals surface area contributed by atoms with Gasteiger partial charge in [-0.2, -0.15) is 0 Å². The van der Waals surface area contributed by atoms with Gasteiger partial charge in [0.25, 0.3) is 0 Å². The van der Waals surface area contributed by atoms with Crippen LogP contribution in [0.4, 0.5) is 0 Å². The van der Waals surface area contributed by atoms with Gasteiger partial charge in [0.05, 0.1) is 10.6 Å². The molecule has 0 saturated carbocycles. The fourth-order valence-corrected chi connectivity index (χ4v) is 2.51. The first-order valence-corrected chi connectivity index (χ1v) is 7.66. The lowest BCUT2D eigenvalue weighted by molar-refractivity contribution is 0.0997. The first-order chi connectivity index (χ1) is 9.38. The van der Waals surface area contributed by atoms with Crippen molar-refractivity contribution in [3.05, 3.63) is 28.2 Å². The van der Waals surface area contributed by atoms with Gasteiger partial charge in [-0.15, -0.1) is 0 Å². The van der Waals surface area contributed by atoms with Crippen LogP contribution in [0.1, 0.15) is 25.8 Å². The van der Waals surface area contributed by atoms with Gasteiger partial charge in [-0.3, -0.25) is 0 Å². The molecule has 5 heteroatoms. The normalized spacial score (nSPS) is 15.7. The Morgan fingerprint density at radius 1 is 1.30 bits per heavy atom. The number of halogens is 1. The third-order valence-corrected chi connectivity index (χ3v) is 3.53. The molecule has 0 aliphatic carbocycles. The van der Waals surface area contributed by atoms with E-state index in [1.807, 2.05) is 32.0 Å². The van der Waals surface area contributed by atoms with Gasteiger partial charge >= 0.3 is 0 Å². The minimum Gasteiger partial charge on any atom is -0.490 e. The molecule has 0 spiro atoms. The van der Waals surface area contributed by atoms with E-state index in [0.717, 1.165) is 15.8 Å². The molecule has 0 radical (unpaired) electrons. The lowest BCUT2D eigenvalue weighted by atomic mass is 10.1. The van der Waals surface area contributed by atoms with E-state index >= 15 is 0 Å². The summed E-state index contributed by atoms with van der Waals surface area (Å²) in [7, 11) is 0. The van der Waals surface area contributed by atoms with Crippen molar-refractivity contribution in [2.24, 2.45) is 0 Å². The van der Waals surface area contributed by atoms with Crippen LogP contribution in [0, 0.1) is 6.92 Å². The van der Waals surface area contributed by atoms with Crippen molar-refractivity contribution in [2.45, 2.75) is 45.4 Å². The smallest absolute Gasteiger partial charge is 0.133 e. The topological polar surface area (TPSA) is 61.7 Å². The summed E-state index contributed by atoms with van der Waals surface area (Å²) in [4.78, 5) is 0. The molecule has 0 saturated heterocycles. The van der Waals surface area contributed by atoms with Gasteiger partial charge in [0, 0.05) is 12.6 Å². The van der Waals surface area contributed by atoms with Crippen LogP contribution in [0.15, 0.2) is 22.7 Å². The first-order valence-electron chi connectivity index (χ1n) is 6.87. The standard InChI is InChI=1S/C15H24BrNO3/c1-10-4-5-15(14(16)6-10)20-9-13(19)8-17-11(2)7-12(3)18/h4-6,11-13,17-19H,7-9H2,1-3H3. The van der Waals surface area contributed by atoms with Crippen LogP contribution in [0.25, 0.3) is 0 Å². The van der Waals surface area contributed by atoms with E-state index in [2.05, 4.69) is 21.2 Å². The monoisotopic (exact) mass is 345 g/mol. The van der Waals surface area contributed by atoms with Crippen molar-refractivity contribution < 1.29 is 14.9 Å². The molecule has 1 aromatic rings. The molecule has 4 nitrogen and oxygen atoms in total. The molecule has 1 aromatic carbocycles. The number of ether oxygens (including phenoxy) is 1. The zero-order valence-electron chi connectivity index (χ0n) is 12.3. The largest absolute Gasteiger partial charge is 0.490 e. The van der Waals surface area contributed by atoms with Gasteiger partial charge in [-0.05, 0) is 60.8 Å². The maximum Gasteiger partial charge on any atom is 0.133 e. The Bertz CT molecular complexity index is 412. The molecule has 0 heterocycles. The molecule has 0 fully saturated rings. The maximum atomic E-state index is 9.87. The number of aliphatic hydroxyl groups excluding tert-OH is 2. The van der Waals surface area contributed by atoms with E-state index < -0.39 is 6.10 Å². The second-order valence-electron chi connectivity index (χ2n) is 5.29. The van der Waals surface area contributed by atoms with Crippen LogP contribution in [0.5, 0.6) is 5.75 Å². The molecular weight excluding hydrogens is 322 g/mol. The van der Waals surface area contributed by atoms with E-state index in [9.17, 15) is 10.2 Å². The van der Waals surface area contributed by atoms with Gasteiger partial charge in [-0.1, -0.05) is 6.07 Å². The second-order valence-corrected chi connectivity index (χ2v) is 6.15. The third kappa shape index (κ3) is 6.70. The van der Waals surface area contributed by atoms with Crippen molar-refractivity contribution in [2.75, 3.05) is 13.2 Å². The summed E-state index contributed by atoms with van der Waals surface area (Å²) < 4.78 is 6.47. The minimum atomic E-state index is -0.584. The van der Waals surface area contributed by atoms with Crippen LogP contribution in [-0.4, -0.2) is 41.6 Å². The summed E-state index contributed by atoms with van der Waals surface area (Å²) in [5, 5.41) is 22.3. The van der Waals surface area contributed by atoms with Crippen LogP contribution >= 0.6 is 15.9 Å². The Hall–Kier alpha value is -0.620. The molecule has 114 valence electrons. The lowest BCUT2D eigenvalue weighted by Gasteiger charge is -2.19. The number of nitrogens with one attached hydrogen (secondary N) is 1. The van der Waals surface area contributed by atoms with Crippen molar-refractivity contribution in [1.29, 1.82) is 0 Å². The number of hydrogen-bond donors (Lipinski definition) is 3. The summed E-state index contributed by atoms with van der Waals surface area (Å²) in [6.07, 6.45) is -0.258. The highest BCUT2D eigenvalue weighted by molar-refractivity contribution is 9.10. The highest BCUT2D eigenvalue weighted by atomic mass is 79.9. The summed E-state index contributed by atoms with van der Waals surface area (Å²) in [5.74, 6) is 0.728. The van der Waals surface area contributed by atoms with Crippen LogP contribution < -0.4 is 10.1 Å². The van der Waals surface area contributed by atoms with Gasteiger partial charge in [0.1, 0.15) is 18.5 Å². The number of hydrogen-bond acceptors (Lipinski definition) is 4. The fourth-order valence-electron chi connectivity index (χ4n) is 1.90. The van der Waals surface area contributed by atoms with E-state index in [4.69, 9.17) is 4.74 Å². The molecule has 0 aliphatic heterocycles. The Morgan fingerprint density at radius 2 is 2.00 bits per heavy atom. The highest BCUT2D eigenvalue weighted by Crippen LogP contribution is 2.25. The number of rotatable bonds is 8. The highest BCUT2D eigenvalue weighted by Gasteiger charge is 2.10. The molecule has 0 amide bonds. The average molecular weight is 346 g/mol. The van der Waals surface area contributed by atoms with E-state index in [0.29, 0.717) is 13.0 Å². The summed E-state index contributed by atoms with van der Waals surface area (Å²) >= 11 is 3.44. The molecular formula is C15H24BrNO3. The molecule has 20 heavy (non-hydrogen) atoms. The van der Waals surface area contributed by atoms with Gasteiger partial charge < -0.3 is 20.3 Å². The molecule has 3 N–H and O–H groups in total. The summed E-state index contributed by atoms with van der Waals surface area (Å²) in [5.41, 5.74) is 1.15.